The lowest BCUT2D eigenvalue weighted by atomic mass is 9.98. The van der Waals surface area contributed by atoms with Crippen LogP contribution in [0.4, 0.5) is 11.4 Å². The molecule has 2 aromatic heterocycles. The number of benzene rings is 1. The number of hydrogen-bond acceptors (Lipinski definition) is 5. The molecule has 26 heavy (non-hydrogen) atoms. The van der Waals surface area contributed by atoms with E-state index in [0.717, 1.165) is 16.9 Å². The number of halogens is 1. The Morgan fingerprint density at radius 3 is 2.73 bits per heavy atom. The van der Waals surface area contributed by atoms with Crippen molar-refractivity contribution in [3.8, 4) is 0 Å². The summed E-state index contributed by atoms with van der Waals surface area (Å²) in [6, 6.07) is 8.90. The number of hydrogen-bond donors (Lipinski definition) is 4. The van der Waals surface area contributed by atoms with Gasteiger partial charge in [0.2, 0.25) is 0 Å². The second-order valence-corrected chi connectivity index (χ2v) is 7.30. The first-order valence-corrected chi connectivity index (χ1v) is 9.20. The van der Waals surface area contributed by atoms with Gasteiger partial charge in [0.15, 0.2) is 0 Å². The van der Waals surface area contributed by atoms with E-state index in [1.165, 1.54) is 12.3 Å². The highest BCUT2D eigenvalue weighted by molar-refractivity contribution is 9.10. The van der Waals surface area contributed by atoms with Crippen LogP contribution in [0, 0.1) is 12.3 Å². The van der Waals surface area contributed by atoms with Gasteiger partial charge in [-0.15, -0.1) is 11.3 Å². The molecule has 1 aromatic carbocycles. The Bertz CT molecular complexity index is 1070. The number of aromatic amines is 1. The van der Waals surface area contributed by atoms with Crippen molar-refractivity contribution in [2.45, 2.75) is 6.92 Å². The minimum atomic E-state index is -1.03. The van der Waals surface area contributed by atoms with Crippen LogP contribution in [0.3, 0.4) is 0 Å². The first kappa shape index (κ1) is 18.1. The predicted octanol–water partition coefficient (Wildman–Crippen LogP) is 4.37. The van der Waals surface area contributed by atoms with Crippen LogP contribution >= 0.6 is 27.3 Å². The van der Waals surface area contributed by atoms with Crippen LogP contribution in [-0.4, -0.2) is 21.8 Å². The summed E-state index contributed by atoms with van der Waals surface area (Å²) >= 11 is 4.46. The van der Waals surface area contributed by atoms with Crippen LogP contribution in [-0.2, 0) is 0 Å². The van der Waals surface area contributed by atoms with Gasteiger partial charge in [-0.05, 0) is 34.5 Å². The number of carboxylic acid groups (broad SMARTS) is 1. The summed E-state index contributed by atoms with van der Waals surface area (Å²) in [7, 11) is 0. The zero-order valence-electron chi connectivity index (χ0n) is 13.6. The van der Waals surface area contributed by atoms with Crippen molar-refractivity contribution in [1.29, 1.82) is 5.41 Å². The van der Waals surface area contributed by atoms with Gasteiger partial charge in [0.25, 0.3) is 5.56 Å². The molecule has 0 unspecified atom stereocenters. The third kappa shape index (κ3) is 3.47. The topological polar surface area (TPSA) is 106 Å². The summed E-state index contributed by atoms with van der Waals surface area (Å²) in [5.74, 6) is -1.03. The number of anilines is 2. The molecular weight excluding hydrogens is 418 g/mol. The fourth-order valence-corrected chi connectivity index (χ4v) is 3.70. The molecule has 3 rings (SSSR count). The molecule has 6 nitrogen and oxygen atoms in total. The fraction of sp³-hybridized carbons (Fsp3) is 0.0556. The van der Waals surface area contributed by atoms with Crippen LogP contribution in [0.5, 0.6) is 0 Å². The lowest BCUT2D eigenvalue weighted by Gasteiger charge is -2.14. The molecule has 0 aliphatic heterocycles. The lowest BCUT2D eigenvalue weighted by molar-refractivity contribution is 0.0702. The first-order valence-electron chi connectivity index (χ1n) is 7.53. The molecule has 0 spiro atoms. The van der Waals surface area contributed by atoms with E-state index in [4.69, 9.17) is 10.5 Å². The summed E-state index contributed by atoms with van der Waals surface area (Å²) in [6.07, 6.45) is 1.49. The van der Waals surface area contributed by atoms with Gasteiger partial charge >= 0.3 is 5.97 Å². The Hall–Kier alpha value is -2.71. The molecule has 3 aromatic rings. The van der Waals surface area contributed by atoms with Gasteiger partial charge < -0.3 is 15.4 Å². The molecule has 2 heterocycles. The number of aromatic carboxylic acids is 1. The maximum Gasteiger partial charge on any atom is 0.345 e. The van der Waals surface area contributed by atoms with Gasteiger partial charge in [-0.2, -0.15) is 0 Å². The van der Waals surface area contributed by atoms with Crippen molar-refractivity contribution in [2.75, 3.05) is 5.32 Å². The smallest absolute Gasteiger partial charge is 0.345 e. The van der Waals surface area contributed by atoms with Crippen molar-refractivity contribution in [1.82, 2.24) is 4.98 Å². The van der Waals surface area contributed by atoms with Crippen LogP contribution in [0.15, 0.2) is 51.2 Å². The average Bonchev–Trinajstić information content (AvgIpc) is 3.07. The van der Waals surface area contributed by atoms with Gasteiger partial charge in [0.1, 0.15) is 10.6 Å². The number of carboxylic acids is 1. The van der Waals surface area contributed by atoms with Crippen molar-refractivity contribution >= 4 is 50.3 Å². The monoisotopic (exact) mass is 431 g/mol. The molecule has 0 saturated carbocycles. The summed E-state index contributed by atoms with van der Waals surface area (Å²) in [5, 5.41) is 22.2. The van der Waals surface area contributed by atoms with E-state index in [-0.39, 0.29) is 16.3 Å². The molecule has 0 bridgehead atoms. The van der Waals surface area contributed by atoms with E-state index in [2.05, 4.69) is 26.2 Å². The van der Waals surface area contributed by atoms with E-state index in [9.17, 15) is 9.59 Å². The number of aryl methyl sites for hydroxylation is 1. The number of carbonyl (C=O) groups is 1. The Balaban J connectivity index is 2.10. The molecule has 0 aliphatic carbocycles. The highest BCUT2D eigenvalue weighted by atomic mass is 79.9. The maximum atomic E-state index is 12.4. The van der Waals surface area contributed by atoms with Gasteiger partial charge in [-0.3, -0.25) is 10.2 Å². The predicted molar refractivity (Wildman–Crippen MR) is 106 cm³/mol. The highest BCUT2D eigenvalue weighted by Gasteiger charge is 2.19. The summed E-state index contributed by atoms with van der Waals surface area (Å²) in [4.78, 5) is 26.2. The number of H-pyrrole nitrogens is 1. The summed E-state index contributed by atoms with van der Waals surface area (Å²) < 4.78 is 0.557. The van der Waals surface area contributed by atoms with E-state index >= 15 is 0 Å². The van der Waals surface area contributed by atoms with Crippen molar-refractivity contribution < 1.29 is 9.90 Å². The molecular formula is C18H14BrN3O3S. The van der Waals surface area contributed by atoms with Crippen molar-refractivity contribution in [3.63, 3.8) is 0 Å². The first-order chi connectivity index (χ1) is 12.4. The number of nitrogens with one attached hydrogen (secondary N) is 3. The number of pyridine rings is 1. The van der Waals surface area contributed by atoms with E-state index < -0.39 is 11.5 Å². The number of thiophene rings is 1. The van der Waals surface area contributed by atoms with Gasteiger partial charge in [-0.25, -0.2) is 4.79 Å². The van der Waals surface area contributed by atoms with Crippen molar-refractivity contribution in [3.05, 3.63) is 78.3 Å². The minimum Gasteiger partial charge on any atom is -0.477 e. The molecule has 0 aliphatic rings. The molecule has 132 valence electrons. The normalized spacial score (nSPS) is 10.5. The minimum absolute atomic E-state index is 0.162. The van der Waals surface area contributed by atoms with Crippen LogP contribution in [0.25, 0.3) is 0 Å². The zero-order chi connectivity index (χ0) is 18.8. The van der Waals surface area contributed by atoms with Gasteiger partial charge in [0, 0.05) is 27.2 Å². The SMILES string of the molecule is Cc1ccccc1C(=N)c1c(Br)c[nH]c(=O)c1Nc1csc(C(=O)O)c1. The second kappa shape index (κ2) is 7.27. The lowest BCUT2D eigenvalue weighted by Crippen LogP contribution is -2.18. The molecule has 0 amide bonds. The molecule has 4 N–H and O–H groups in total. The van der Waals surface area contributed by atoms with Crippen molar-refractivity contribution in [2.24, 2.45) is 0 Å². The third-order valence-electron chi connectivity index (χ3n) is 3.79. The Morgan fingerprint density at radius 2 is 2.08 bits per heavy atom. The summed E-state index contributed by atoms with van der Waals surface area (Å²) in [6.45, 7) is 1.90. The largest absolute Gasteiger partial charge is 0.477 e. The van der Waals surface area contributed by atoms with Gasteiger partial charge in [-0.1, -0.05) is 24.3 Å². The molecule has 0 atom stereocenters. The zero-order valence-corrected chi connectivity index (χ0v) is 16.0. The summed E-state index contributed by atoms with van der Waals surface area (Å²) in [5.41, 5.74) is 2.49. The Kier molecular flexibility index (Phi) is 5.06. The molecule has 0 fully saturated rings. The van der Waals surface area contributed by atoms with E-state index in [0.29, 0.717) is 21.3 Å². The number of aromatic nitrogens is 1. The highest BCUT2D eigenvalue weighted by Crippen LogP contribution is 2.29. The number of rotatable bonds is 5. The van der Waals surface area contributed by atoms with Crippen LogP contribution < -0.4 is 10.9 Å². The Morgan fingerprint density at radius 1 is 1.35 bits per heavy atom. The average molecular weight is 432 g/mol. The van der Waals surface area contributed by atoms with E-state index in [1.54, 1.807) is 5.38 Å². The quantitative estimate of drug-likeness (QED) is 0.450. The van der Waals surface area contributed by atoms with E-state index in [1.807, 2.05) is 31.2 Å². The Labute approximate surface area is 161 Å². The standard InChI is InChI=1S/C18H14BrN3O3S/c1-9-4-2-3-5-11(9)15(20)14-12(19)7-21-17(23)16(14)22-10-6-13(18(24)25)26-8-10/h2-8,20,22H,1H3,(H,21,23)(H,24,25). The second-order valence-electron chi connectivity index (χ2n) is 5.54. The fourth-order valence-electron chi connectivity index (χ4n) is 2.52. The molecule has 8 heteroatoms. The van der Waals surface area contributed by atoms with Crippen LogP contribution in [0.2, 0.25) is 0 Å². The third-order valence-corrected chi connectivity index (χ3v) is 5.33. The van der Waals surface area contributed by atoms with Crippen LogP contribution in [0.1, 0.15) is 26.4 Å². The molecule has 0 saturated heterocycles. The maximum absolute atomic E-state index is 12.4. The van der Waals surface area contributed by atoms with Gasteiger partial charge in [0.05, 0.1) is 11.4 Å². The molecule has 0 radical (unpaired) electrons.